The highest BCUT2D eigenvalue weighted by molar-refractivity contribution is 9.10. The van der Waals surface area contributed by atoms with Crippen LogP contribution in [-0.4, -0.2) is 19.0 Å². The van der Waals surface area contributed by atoms with E-state index in [0.717, 1.165) is 10.5 Å². The van der Waals surface area contributed by atoms with Crippen LogP contribution in [0.15, 0.2) is 76.9 Å². The summed E-state index contributed by atoms with van der Waals surface area (Å²) in [4.78, 5) is 26.3. The lowest BCUT2D eigenvalue weighted by molar-refractivity contribution is -0.113. The largest absolute Gasteiger partial charge is 0.493 e. The van der Waals surface area contributed by atoms with E-state index in [0.29, 0.717) is 38.9 Å². The van der Waals surface area contributed by atoms with Gasteiger partial charge in [-0.2, -0.15) is 0 Å². The van der Waals surface area contributed by atoms with Gasteiger partial charge in [-0.05, 0) is 69.5 Å². The molecular weight excluding hydrogens is 496 g/mol. The van der Waals surface area contributed by atoms with Gasteiger partial charge >= 0.3 is 6.03 Å². The van der Waals surface area contributed by atoms with E-state index in [4.69, 9.17) is 21.1 Å². The van der Waals surface area contributed by atoms with Crippen LogP contribution in [0.2, 0.25) is 5.02 Å². The maximum absolute atomic E-state index is 12.8. The first-order valence-corrected chi connectivity index (χ1v) is 10.8. The number of ether oxygens (including phenoxy) is 2. The van der Waals surface area contributed by atoms with Crippen molar-refractivity contribution in [1.82, 2.24) is 5.32 Å². The standard InChI is InChI=1S/C24H18BrClN2O4/c1-31-21-13-16(11-19(25)22(21)32-14-15-5-3-2-4-6-15)12-20-23(29)28(24(30)27-20)18-9-7-17(26)8-10-18/h2-13H,14H2,1H3,(H,27,30)/b20-12+. The maximum Gasteiger partial charge on any atom is 0.333 e. The van der Waals surface area contributed by atoms with Crippen molar-refractivity contribution in [3.63, 3.8) is 0 Å². The van der Waals surface area contributed by atoms with Gasteiger partial charge in [-0.15, -0.1) is 0 Å². The summed E-state index contributed by atoms with van der Waals surface area (Å²) >= 11 is 9.41. The van der Waals surface area contributed by atoms with Crippen LogP contribution in [0, 0.1) is 0 Å². The molecule has 0 atom stereocenters. The van der Waals surface area contributed by atoms with E-state index in [9.17, 15) is 9.59 Å². The van der Waals surface area contributed by atoms with Crippen molar-refractivity contribution in [2.24, 2.45) is 0 Å². The van der Waals surface area contributed by atoms with Gasteiger partial charge in [-0.3, -0.25) is 4.79 Å². The van der Waals surface area contributed by atoms with Crippen LogP contribution in [-0.2, 0) is 11.4 Å². The predicted octanol–water partition coefficient (Wildman–Crippen LogP) is 5.79. The molecule has 1 fully saturated rings. The molecule has 3 amide bonds. The van der Waals surface area contributed by atoms with Crippen LogP contribution < -0.4 is 19.7 Å². The van der Waals surface area contributed by atoms with E-state index in [-0.39, 0.29) is 5.70 Å². The number of urea groups is 1. The third-order valence-corrected chi connectivity index (χ3v) is 5.59. The predicted molar refractivity (Wildman–Crippen MR) is 127 cm³/mol. The number of carbonyl (C=O) groups is 2. The molecule has 32 heavy (non-hydrogen) atoms. The van der Waals surface area contributed by atoms with Crippen LogP contribution in [0.25, 0.3) is 6.08 Å². The van der Waals surface area contributed by atoms with E-state index in [1.165, 1.54) is 0 Å². The number of nitrogens with zero attached hydrogens (tertiary/aromatic N) is 1. The van der Waals surface area contributed by atoms with Crippen LogP contribution in [0.4, 0.5) is 10.5 Å². The van der Waals surface area contributed by atoms with Crippen LogP contribution in [0.5, 0.6) is 11.5 Å². The Bertz CT molecular complexity index is 1200. The van der Waals surface area contributed by atoms with Gasteiger partial charge in [-0.25, -0.2) is 9.69 Å². The fraction of sp³-hybridized carbons (Fsp3) is 0.0833. The number of imide groups is 1. The second-order valence-corrected chi connectivity index (χ2v) is 8.20. The second-order valence-electron chi connectivity index (χ2n) is 6.91. The smallest absolute Gasteiger partial charge is 0.333 e. The first kappa shape index (κ1) is 21.9. The summed E-state index contributed by atoms with van der Waals surface area (Å²) in [6, 6.07) is 19.2. The molecule has 0 radical (unpaired) electrons. The Morgan fingerprint density at radius 2 is 1.78 bits per heavy atom. The zero-order chi connectivity index (χ0) is 22.7. The molecule has 1 N–H and O–H groups in total. The van der Waals surface area contributed by atoms with Crippen LogP contribution in [0.1, 0.15) is 11.1 Å². The lowest BCUT2D eigenvalue weighted by Crippen LogP contribution is -2.30. The zero-order valence-corrected chi connectivity index (χ0v) is 19.3. The molecule has 3 aromatic rings. The summed E-state index contributed by atoms with van der Waals surface area (Å²) in [5, 5.41) is 3.13. The Labute approximate surface area is 198 Å². The molecule has 0 unspecified atom stereocenters. The van der Waals surface area contributed by atoms with Crippen molar-refractivity contribution in [3.8, 4) is 11.5 Å². The van der Waals surface area contributed by atoms with E-state index < -0.39 is 11.9 Å². The number of methoxy groups -OCH3 is 1. The highest BCUT2D eigenvalue weighted by atomic mass is 79.9. The SMILES string of the molecule is COc1cc(/C=C2/NC(=O)N(c3ccc(Cl)cc3)C2=O)cc(Br)c1OCc1ccccc1. The average molecular weight is 514 g/mol. The Hall–Kier alpha value is -3.29. The molecule has 0 spiro atoms. The normalized spacial score (nSPS) is 14.6. The summed E-state index contributed by atoms with van der Waals surface area (Å²) < 4.78 is 12.1. The Kier molecular flexibility index (Phi) is 6.48. The molecule has 162 valence electrons. The van der Waals surface area contributed by atoms with Gasteiger partial charge in [0.05, 0.1) is 17.3 Å². The highest BCUT2D eigenvalue weighted by Crippen LogP contribution is 2.38. The Morgan fingerprint density at radius 1 is 1.06 bits per heavy atom. The lowest BCUT2D eigenvalue weighted by atomic mass is 10.1. The summed E-state index contributed by atoms with van der Waals surface area (Å²) in [5.41, 5.74) is 2.26. The van der Waals surface area contributed by atoms with E-state index in [1.807, 2.05) is 30.3 Å². The average Bonchev–Trinajstić information content (AvgIpc) is 3.06. The molecule has 0 aromatic heterocycles. The van der Waals surface area contributed by atoms with Crippen molar-refractivity contribution in [2.75, 3.05) is 12.0 Å². The molecule has 0 bridgehead atoms. The molecule has 8 heteroatoms. The van der Waals surface area contributed by atoms with Crippen molar-refractivity contribution in [2.45, 2.75) is 6.61 Å². The monoisotopic (exact) mass is 512 g/mol. The van der Waals surface area contributed by atoms with Crippen molar-refractivity contribution in [1.29, 1.82) is 0 Å². The van der Waals surface area contributed by atoms with E-state index in [1.54, 1.807) is 49.6 Å². The fourth-order valence-electron chi connectivity index (χ4n) is 3.22. The number of nitrogens with one attached hydrogen (secondary N) is 1. The van der Waals surface area contributed by atoms with Crippen LogP contribution >= 0.6 is 27.5 Å². The van der Waals surface area contributed by atoms with Crippen molar-refractivity contribution >= 4 is 51.2 Å². The van der Waals surface area contributed by atoms with Crippen LogP contribution in [0.3, 0.4) is 0 Å². The first-order chi connectivity index (χ1) is 15.5. The third kappa shape index (κ3) is 4.64. The van der Waals surface area contributed by atoms with Crippen molar-refractivity contribution in [3.05, 3.63) is 93.0 Å². The molecule has 0 saturated carbocycles. The molecule has 1 aliphatic heterocycles. The number of hydrogen-bond acceptors (Lipinski definition) is 4. The van der Waals surface area contributed by atoms with E-state index in [2.05, 4.69) is 21.2 Å². The summed E-state index contributed by atoms with van der Waals surface area (Å²) in [5.74, 6) is 0.577. The first-order valence-electron chi connectivity index (χ1n) is 9.63. The minimum atomic E-state index is -0.530. The molecule has 4 rings (SSSR count). The zero-order valence-electron chi connectivity index (χ0n) is 17.0. The lowest BCUT2D eigenvalue weighted by Gasteiger charge is -2.14. The molecule has 1 aliphatic rings. The minimum absolute atomic E-state index is 0.150. The number of hydrogen-bond donors (Lipinski definition) is 1. The van der Waals surface area contributed by atoms with Gasteiger partial charge in [0.1, 0.15) is 12.3 Å². The number of anilines is 1. The molecule has 1 saturated heterocycles. The van der Waals surface area contributed by atoms with E-state index >= 15 is 0 Å². The fourth-order valence-corrected chi connectivity index (χ4v) is 3.92. The van der Waals surface area contributed by atoms with Gasteiger partial charge in [0.15, 0.2) is 11.5 Å². The van der Waals surface area contributed by atoms with Gasteiger partial charge in [-0.1, -0.05) is 41.9 Å². The van der Waals surface area contributed by atoms with Gasteiger partial charge < -0.3 is 14.8 Å². The Balaban J connectivity index is 1.58. The number of amides is 3. The number of halogens is 2. The van der Waals surface area contributed by atoms with Gasteiger partial charge in [0, 0.05) is 5.02 Å². The second kappa shape index (κ2) is 9.46. The summed E-state index contributed by atoms with van der Waals surface area (Å²) in [6.07, 6.45) is 1.59. The number of carbonyl (C=O) groups excluding carboxylic acids is 2. The molecule has 3 aromatic carbocycles. The topological polar surface area (TPSA) is 67.9 Å². The molecular formula is C24H18BrClN2O4. The minimum Gasteiger partial charge on any atom is -0.493 e. The number of benzene rings is 3. The number of rotatable bonds is 6. The van der Waals surface area contributed by atoms with Crippen molar-refractivity contribution < 1.29 is 19.1 Å². The van der Waals surface area contributed by atoms with Gasteiger partial charge in [0.25, 0.3) is 5.91 Å². The third-order valence-electron chi connectivity index (χ3n) is 4.75. The summed E-state index contributed by atoms with van der Waals surface area (Å²) in [6.45, 7) is 0.376. The quantitative estimate of drug-likeness (QED) is 0.335. The highest BCUT2D eigenvalue weighted by Gasteiger charge is 2.34. The van der Waals surface area contributed by atoms with Gasteiger partial charge in [0.2, 0.25) is 0 Å². The Morgan fingerprint density at radius 3 is 2.47 bits per heavy atom. The molecule has 0 aliphatic carbocycles. The summed E-state index contributed by atoms with van der Waals surface area (Å²) in [7, 11) is 1.54. The maximum atomic E-state index is 12.8. The molecule has 1 heterocycles. The molecule has 6 nitrogen and oxygen atoms in total.